The second kappa shape index (κ2) is 9.61. The Bertz CT molecular complexity index is 911. The summed E-state index contributed by atoms with van der Waals surface area (Å²) in [6.45, 7) is 10.0. The Hall–Kier alpha value is -2.06. The smallest absolute Gasteiger partial charge is 0.233 e. The fourth-order valence-corrected chi connectivity index (χ4v) is 4.73. The average molecular weight is 487 g/mol. The molecule has 31 heavy (non-hydrogen) atoms. The highest BCUT2D eigenvalue weighted by Gasteiger charge is 2.32. The van der Waals surface area contributed by atoms with Gasteiger partial charge in [0.1, 0.15) is 12.1 Å². The summed E-state index contributed by atoms with van der Waals surface area (Å²) < 4.78 is 0.916. The van der Waals surface area contributed by atoms with Crippen LogP contribution in [0, 0.1) is 0 Å². The number of halogens is 1. The van der Waals surface area contributed by atoms with Gasteiger partial charge < -0.3 is 15.1 Å². The third-order valence-electron chi connectivity index (χ3n) is 6.28. The summed E-state index contributed by atoms with van der Waals surface area (Å²) in [7, 11) is 0. The average Bonchev–Trinajstić information content (AvgIpc) is 3.16. The Morgan fingerprint density at radius 1 is 1.19 bits per heavy atom. The molecule has 1 aliphatic carbocycles. The first-order chi connectivity index (χ1) is 14.9. The number of nitrogens with one attached hydrogen (secondary N) is 1. The molecule has 2 aromatic heterocycles. The number of hydrogen-bond donors (Lipinski definition) is 1. The Labute approximate surface area is 192 Å². The van der Waals surface area contributed by atoms with Crippen LogP contribution in [0.2, 0.25) is 0 Å². The van der Waals surface area contributed by atoms with Gasteiger partial charge in [0, 0.05) is 60.7 Å². The van der Waals surface area contributed by atoms with Crippen LogP contribution in [0.3, 0.4) is 0 Å². The first-order valence-electron chi connectivity index (χ1n) is 11.2. The number of carbonyl (C=O) groups excluding carboxylic acids is 1. The van der Waals surface area contributed by atoms with Crippen molar-refractivity contribution in [2.45, 2.75) is 51.5 Å². The van der Waals surface area contributed by atoms with E-state index in [9.17, 15) is 4.79 Å². The number of aryl methyl sites for hydroxylation is 1. The third-order valence-corrected chi connectivity index (χ3v) is 6.75. The second-order valence-electron chi connectivity index (χ2n) is 8.83. The SMILES string of the molecule is CC(C)NC[C@H](C(=O)N1CCN(c2ncnc3c2[C@H](C)CC3)CC1)c1ccc(Br)cn1. The van der Waals surface area contributed by atoms with Crippen LogP contribution >= 0.6 is 15.9 Å². The molecule has 0 saturated carbocycles. The molecule has 2 atom stereocenters. The number of aromatic nitrogens is 3. The minimum absolute atomic E-state index is 0.143. The minimum Gasteiger partial charge on any atom is -0.353 e. The van der Waals surface area contributed by atoms with Gasteiger partial charge in [0.2, 0.25) is 5.91 Å². The van der Waals surface area contributed by atoms with Crippen molar-refractivity contribution in [3.63, 3.8) is 0 Å². The maximum atomic E-state index is 13.5. The van der Waals surface area contributed by atoms with Crippen LogP contribution in [0.5, 0.6) is 0 Å². The molecule has 4 rings (SSSR count). The number of fused-ring (bicyclic) bond motifs is 1. The number of nitrogens with zero attached hydrogens (tertiary/aromatic N) is 5. The van der Waals surface area contributed by atoms with E-state index in [0.29, 0.717) is 31.6 Å². The largest absolute Gasteiger partial charge is 0.353 e. The lowest BCUT2D eigenvalue weighted by Gasteiger charge is -2.38. The lowest BCUT2D eigenvalue weighted by Crippen LogP contribution is -2.51. The molecule has 3 heterocycles. The Kier molecular flexibility index (Phi) is 6.86. The van der Waals surface area contributed by atoms with Crippen LogP contribution in [-0.4, -0.2) is 64.5 Å². The van der Waals surface area contributed by atoms with Crippen LogP contribution < -0.4 is 10.2 Å². The molecule has 0 unspecified atom stereocenters. The maximum absolute atomic E-state index is 13.5. The van der Waals surface area contributed by atoms with Crippen molar-refractivity contribution in [1.29, 1.82) is 0 Å². The van der Waals surface area contributed by atoms with E-state index >= 15 is 0 Å². The van der Waals surface area contributed by atoms with Gasteiger partial charge in [-0.25, -0.2) is 9.97 Å². The first kappa shape index (κ1) is 22.1. The summed E-state index contributed by atoms with van der Waals surface area (Å²) >= 11 is 3.44. The molecule has 2 aromatic rings. The van der Waals surface area contributed by atoms with E-state index in [0.717, 1.165) is 41.9 Å². The molecule has 0 aromatic carbocycles. The molecule has 8 heteroatoms. The molecular weight excluding hydrogens is 456 g/mol. The molecule has 0 bridgehead atoms. The Balaban J connectivity index is 1.46. The Morgan fingerprint density at radius 2 is 1.97 bits per heavy atom. The van der Waals surface area contributed by atoms with Crippen molar-refractivity contribution < 1.29 is 4.79 Å². The maximum Gasteiger partial charge on any atom is 0.233 e. The number of piperazine rings is 1. The minimum atomic E-state index is -0.287. The molecule has 1 saturated heterocycles. The summed E-state index contributed by atoms with van der Waals surface area (Å²) in [4.78, 5) is 31.4. The number of amides is 1. The van der Waals surface area contributed by atoms with Gasteiger partial charge in [0.05, 0.1) is 11.6 Å². The molecule has 2 aliphatic rings. The zero-order chi connectivity index (χ0) is 22.0. The van der Waals surface area contributed by atoms with Crippen molar-refractivity contribution in [2.75, 3.05) is 37.6 Å². The van der Waals surface area contributed by atoms with Gasteiger partial charge in [-0.2, -0.15) is 0 Å². The van der Waals surface area contributed by atoms with Gasteiger partial charge in [-0.15, -0.1) is 0 Å². The Morgan fingerprint density at radius 3 is 2.65 bits per heavy atom. The number of pyridine rings is 1. The number of carbonyl (C=O) groups is 1. The first-order valence-corrected chi connectivity index (χ1v) is 12.0. The molecule has 1 amide bonds. The third kappa shape index (κ3) is 4.90. The molecular formula is C23H31BrN6O. The van der Waals surface area contributed by atoms with Crippen LogP contribution in [0.15, 0.2) is 29.1 Å². The quantitative estimate of drug-likeness (QED) is 0.675. The van der Waals surface area contributed by atoms with Gasteiger partial charge in [0.25, 0.3) is 0 Å². The lowest BCUT2D eigenvalue weighted by molar-refractivity contribution is -0.133. The summed E-state index contributed by atoms with van der Waals surface area (Å²) in [5.74, 6) is 1.42. The van der Waals surface area contributed by atoms with E-state index < -0.39 is 0 Å². The van der Waals surface area contributed by atoms with E-state index in [1.807, 2.05) is 17.0 Å². The zero-order valence-electron chi connectivity index (χ0n) is 18.5. The molecule has 0 spiro atoms. The highest BCUT2D eigenvalue weighted by atomic mass is 79.9. The normalized spacial score (nSPS) is 19.6. The predicted octanol–water partition coefficient (Wildman–Crippen LogP) is 3.11. The molecule has 1 aliphatic heterocycles. The molecule has 0 radical (unpaired) electrons. The van der Waals surface area contributed by atoms with Gasteiger partial charge in [-0.05, 0) is 46.8 Å². The molecule has 1 fully saturated rings. The van der Waals surface area contributed by atoms with Crippen molar-refractivity contribution in [1.82, 2.24) is 25.2 Å². The van der Waals surface area contributed by atoms with E-state index in [2.05, 4.69) is 61.9 Å². The fraction of sp³-hybridized carbons (Fsp3) is 0.565. The van der Waals surface area contributed by atoms with Gasteiger partial charge in [-0.1, -0.05) is 20.8 Å². The molecule has 1 N–H and O–H groups in total. The highest BCUT2D eigenvalue weighted by Crippen LogP contribution is 2.37. The molecule has 166 valence electrons. The van der Waals surface area contributed by atoms with Crippen LogP contribution in [-0.2, 0) is 11.2 Å². The van der Waals surface area contributed by atoms with Crippen molar-refractivity contribution in [3.8, 4) is 0 Å². The van der Waals surface area contributed by atoms with E-state index in [1.165, 1.54) is 11.3 Å². The summed E-state index contributed by atoms with van der Waals surface area (Å²) in [6, 6.07) is 4.20. The lowest BCUT2D eigenvalue weighted by atomic mass is 10.0. The standard InChI is InChI=1S/C23H31BrN6O/c1-15(2)25-13-18(19-7-5-17(24)12-26-19)23(31)30-10-8-29(9-11-30)22-21-16(3)4-6-20(21)27-14-28-22/h5,7,12,14-16,18,25H,4,6,8-11,13H2,1-3H3/t16-,18+/m1/s1. The van der Waals surface area contributed by atoms with Gasteiger partial charge in [-0.3, -0.25) is 9.78 Å². The summed E-state index contributed by atoms with van der Waals surface area (Å²) in [5.41, 5.74) is 3.31. The van der Waals surface area contributed by atoms with Crippen LogP contribution in [0.25, 0.3) is 0 Å². The van der Waals surface area contributed by atoms with Crippen LogP contribution in [0.4, 0.5) is 5.82 Å². The van der Waals surface area contributed by atoms with Gasteiger partial charge in [0.15, 0.2) is 0 Å². The van der Waals surface area contributed by atoms with E-state index in [1.54, 1.807) is 12.5 Å². The second-order valence-corrected chi connectivity index (χ2v) is 9.74. The number of hydrogen-bond acceptors (Lipinski definition) is 6. The van der Waals surface area contributed by atoms with E-state index in [4.69, 9.17) is 0 Å². The monoisotopic (exact) mass is 486 g/mol. The van der Waals surface area contributed by atoms with Crippen molar-refractivity contribution >= 4 is 27.7 Å². The van der Waals surface area contributed by atoms with Gasteiger partial charge >= 0.3 is 0 Å². The van der Waals surface area contributed by atoms with E-state index in [-0.39, 0.29) is 11.8 Å². The predicted molar refractivity (Wildman–Crippen MR) is 125 cm³/mol. The topological polar surface area (TPSA) is 74.2 Å². The highest BCUT2D eigenvalue weighted by molar-refractivity contribution is 9.10. The molecule has 7 nitrogen and oxygen atoms in total. The van der Waals surface area contributed by atoms with Crippen molar-refractivity contribution in [3.05, 3.63) is 46.1 Å². The summed E-state index contributed by atoms with van der Waals surface area (Å²) in [5, 5.41) is 3.42. The van der Waals surface area contributed by atoms with Crippen molar-refractivity contribution in [2.24, 2.45) is 0 Å². The zero-order valence-corrected chi connectivity index (χ0v) is 20.1. The summed E-state index contributed by atoms with van der Waals surface area (Å²) in [6.07, 6.45) is 5.63. The van der Waals surface area contributed by atoms with Crippen LogP contribution in [0.1, 0.15) is 56.0 Å². The number of anilines is 1. The number of rotatable bonds is 6. The fourth-order valence-electron chi connectivity index (χ4n) is 4.50.